The van der Waals surface area contributed by atoms with E-state index in [1.165, 1.54) is 7.11 Å². The van der Waals surface area contributed by atoms with Crippen LogP contribution in [0, 0.1) is 0 Å². The van der Waals surface area contributed by atoms with Crippen LogP contribution >= 0.6 is 23.2 Å². The summed E-state index contributed by atoms with van der Waals surface area (Å²) in [6, 6.07) is 11.8. The molecule has 24 heavy (non-hydrogen) atoms. The number of esters is 1. The van der Waals surface area contributed by atoms with Gasteiger partial charge < -0.3 is 15.8 Å². The Hall–Kier alpha value is -2.08. The predicted octanol–water partition coefficient (Wildman–Crippen LogP) is 2.89. The number of rotatable bonds is 5. The maximum Gasteiger partial charge on any atom is 0.329 e. The number of methoxy groups -OCH3 is 1. The lowest BCUT2D eigenvalue weighted by Gasteiger charge is -2.16. The van der Waals surface area contributed by atoms with Gasteiger partial charge in [0.1, 0.15) is 6.04 Å². The normalized spacial score (nSPS) is 11.7. The van der Waals surface area contributed by atoms with Crippen molar-refractivity contribution in [1.29, 1.82) is 0 Å². The second-order valence-electron chi connectivity index (χ2n) is 4.97. The molecule has 0 spiro atoms. The molecule has 126 valence electrons. The average Bonchev–Trinajstić information content (AvgIpc) is 2.59. The molecule has 2 aromatic rings. The van der Waals surface area contributed by atoms with Crippen molar-refractivity contribution in [3.05, 3.63) is 58.1 Å². The molecule has 1 amide bonds. The van der Waals surface area contributed by atoms with Crippen molar-refractivity contribution in [3.8, 4) is 11.1 Å². The molecule has 7 heteroatoms. The summed E-state index contributed by atoms with van der Waals surface area (Å²) in [7, 11) is 1.21. The van der Waals surface area contributed by atoms with E-state index in [9.17, 15) is 9.59 Å². The number of benzene rings is 2. The van der Waals surface area contributed by atoms with E-state index in [0.29, 0.717) is 0 Å². The summed E-state index contributed by atoms with van der Waals surface area (Å²) in [6.07, 6.45) is 0. The summed E-state index contributed by atoms with van der Waals surface area (Å²) in [5.41, 5.74) is 7.26. The molecule has 0 bridgehead atoms. The van der Waals surface area contributed by atoms with Gasteiger partial charge in [-0.1, -0.05) is 53.5 Å². The van der Waals surface area contributed by atoms with Crippen LogP contribution in [0.5, 0.6) is 0 Å². The van der Waals surface area contributed by atoms with E-state index in [4.69, 9.17) is 28.9 Å². The van der Waals surface area contributed by atoms with Gasteiger partial charge in [0.05, 0.1) is 22.7 Å². The van der Waals surface area contributed by atoms with Crippen molar-refractivity contribution < 1.29 is 14.3 Å². The zero-order valence-electron chi connectivity index (χ0n) is 12.9. The molecule has 2 rings (SSSR count). The van der Waals surface area contributed by atoms with Crippen molar-refractivity contribution in [3.63, 3.8) is 0 Å². The van der Waals surface area contributed by atoms with Gasteiger partial charge in [0.15, 0.2) is 0 Å². The SMILES string of the molecule is COC(=O)[C@H](CN)NC(=O)c1c(Cl)cc(-c2ccccc2)cc1Cl. The molecule has 0 aliphatic rings. The minimum atomic E-state index is -0.969. The molecule has 0 aliphatic carbocycles. The average molecular weight is 367 g/mol. The van der Waals surface area contributed by atoms with Crippen LogP contribution in [0.15, 0.2) is 42.5 Å². The first kappa shape index (κ1) is 18.3. The highest BCUT2D eigenvalue weighted by Gasteiger charge is 2.23. The van der Waals surface area contributed by atoms with Crippen LogP contribution in [0.1, 0.15) is 10.4 Å². The number of nitrogens with one attached hydrogen (secondary N) is 1. The molecule has 0 aliphatic heterocycles. The lowest BCUT2D eigenvalue weighted by Crippen LogP contribution is -2.46. The number of nitrogens with two attached hydrogens (primary N) is 1. The number of carbonyl (C=O) groups excluding carboxylic acids is 2. The van der Waals surface area contributed by atoms with Gasteiger partial charge in [0, 0.05) is 6.54 Å². The lowest BCUT2D eigenvalue weighted by molar-refractivity contribution is -0.142. The standard InChI is InChI=1S/C17H16Cl2N2O3/c1-24-17(23)14(9-20)21-16(22)15-12(18)7-11(8-13(15)19)10-5-3-2-4-6-10/h2-8,14H,9,20H2,1H3,(H,21,22)/t14-/m0/s1. The number of hydrogen-bond donors (Lipinski definition) is 2. The van der Waals surface area contributed by atoms with Gasteiger partial charge in [-0.05, 0) is 23.3 Å². The third-order valence-corrected chi connectivity index (χ3v) is 4.00. The Morgan fingerprint density at radius 3 is 2.21 bits per heavy atom. The van der Waals surface area contributed by atoms with Gasteiger partial charge in [0.25, 0.3) is 5.91 Å². The van der Waals surface area contributed by atoms with E-state index in [0.717, 1.165) is 11.1 Å². The lowest BCUT2D eigenvalue weighted by atomic mass is 10.0. The third kappa shape index (κ3) is 4.06. The van der Waals surface area contributed by atoms with Gasteiger partial charge in [-0.3, -0.25) is 4.79 Å². The molecule has 0 fully saturated rings. The number of amides is 1. The summed E-state index contributed by atoms with van der Waals surface area (Å²) < 4.78 is 4.58. The Labute approximate surface area is 149 Å². The Kier molecular flexibility index (Phi) is 6.20. The van der Waals surface area contributed by atoms with Crippen molar-refractivity contribution in [2.75, 3.05) is 13.7 Å². The Morgan fingerprint density at radius 2 is 1.71 bits per heavy atom. The Bertz CT molecular complexity index is 728. The fourth-order valence-electron chi connectivity index (χ4n) is 2.17. The van der Waals surface area contributed by atoms with Crippen LogP contribution in [-0.4, -0.2) is 31.6 Å². The topological polar surface area (TPSA) is 81.4 Å². The second kappa shape index (κ2) is 8.15. The number of ether oxygens (including phenoxy) is 1. The largest absolute Gasteiger partial charge is 0.467 e. The molecule has 2 aromatic carbocycles. The first-order valence-corrected chi connectivity index (χ1v) is 7.86. The maximum absolute atomic E-state index is 12.4. The monoisotopic (exact) mass is 366 g/mol. The molecule has 0 unspecified atom stereocenters. The molecular formula is C17H16Cl2N2O3. The van der Waals surface area contributed by atoms with E-state index in [1.807, 2.05) is 30.3 Å². The van der Waals surface area contributed by atoms with E-state index in [-0.39, 0.29) is 22.2 Å². The highest BCUT2D eigenvalue weighted by molar-refractivity contribution is 6.40. The molecule has 1 atom stereocenters. The fourth-order valence-corrected chi connectivity index (χ4v) is 2.83. The van der Waals surface area contributed by atoms with Crippen molar-refractivity contribution in [2.24, 2.45) is 5.73 Å². The first-order chi connectivity index (χ1) is 11.5. The van der Waals surface area contributed by atoms with E-state index in [1.54, 1.807) is 12.1 Å². The van der Waals surface area contributed by atoms with Crippen molar-refractivity contribution in [2.45, 2.75) is 6.04 Å². The van der Waals surface area contributed by atoms with Gasteiger partial charge >= 0.3 is 5.97 Å². The molecular weight excluding hydrogens is 351 g/mol. The molecule has 0 saturated heterocycles. The minimum Gasteiger partial charge on any atom is -0.467 e. The highest BCUT2D eigenvalue weighted by Crippen LogP contribution is 2.31. The van der Waals surface area contributed by atoms with Gasteiger partial charge in [-0.2, -0.15) is 0 Å². The molecule has 0 radical (unpaired) electrons. The van der Waals surface area contributed by atoms with Crippen molar-refractivity contribution in [1.82, 2.24) is 5.32 Å². The summed E-state index contributed by atoms with van der Waals surface area (Å²) in [5, 5.41) is 2.83. The Morgan fingerprint density at radius 1 is 1.12 bits per heavy atom. The van der Waals surface area contributed by atoms with E-state index < -0.39 is 17.9 Å². The summed E-state index contributed by atoms with van der Waals surface area (Å²) in [4.78, 5) is 23.9. The van der Waals surface area contributed by atoms with Gasteiger partial charge in [-0.25, -0.2) is 4.79 Å². The summed E-state index contributed by atoms with van der Waals surface area (Å²) in [5.74, 6) is -1.23. The van der Waals surface area contributed by atoms with E-state index in [2.05, 4.69) is 10.1 Å². The molecule has 0 aromatic heterocycles. The number of carbonyl (C=O) groups is 2. The van der Waals surface area contributed by atoms with Crippen LogP contribution in [-0.2, 0) is 9.53 Å². The summed E-state index contributed by atoms with van der Waals surface area (Å²) >= 11 is 12.5. The molecule has 3 N–H and O–H groups in total. The first-order valence-electron chi connectivity index (χ1n) is 7.11. The molecule has 5 nitrogen and oxygen atoms in total. The van der Waals surface area contributed by atoms with Crippen LogP contribution in [0.25, 0.3) is 11.1 Å². The predicted molar refractivity (Wildman–Crippen MR) is 94.2 cm³/mol. The zero-order chi connectivity index (χ0) is 17.7. The van der Waals surface area contributed by atoms with Crippen LogP contribution < -0.4 is 11.1 Å². The van der Waals surface area contributed by atoms with Crippen LogP contribution in [0.4, 0.5) is 0 Å². The minimum absolute atomic E-state index is 0.0837. The van der Waals surface area contributed by atoms with Gasteiger partial charge in [0.2, 0.25) is 0 Å². The van der Waals surface area contributed by atoms with Gasteiger partial charge in [-0.15, -0.1) is 0 Å². The summed E-state index contributed by atoms with van der Waals surface area (Å²) in [6.45, 7) is -0.101. The maximum atomic E-state index is 12.4. The molecule has 0 heterocycles. The van der Waals surface area contributed by atoms with E-state index >= 15 is 0 Å². The number of halogens is 2. The Balaban J connectivity index is 2.31. The van der Waals surface area contributed by atoms with Crippen molar-refractivity contribution >= 4 is 35.1 Å². The third-order valence-electron chi connectivity index (χ3n) is 3.40. The second-order valence-corrected chi connectivity index (χ2v) is 5.78. The zero-order valence-corrected chi connectivity index (χ0v) is 14.4. The highest BCUT2D eigenvalue weighted by atomic mass is 35.5. The number of hydrogen-bond acceptors (Lipinski definition) is 4. The quantitative estimate of drug-likeness (QED) is 0.797. The van der Waals surface area contributed by atoms with Crippen LogP contribution in [0.2, 0.25) is 10.0 Å². The van der Waals surface area contributed by atoms with Crippen LogP contribution in [0.3, 0.4) is 0 Å². The fraction of sp³-hybridized carbons (Fsp3) is 0.176. The molecule has 0 saturated carbocycles. The smallest absolute Gasteiger partial charge is 0.329 e.